The number of rotatable bonds is 19. The molecule has 1 atom stereocenters. The summed E-state index contributed by atoms with van der Waals surface area (Å²) in [5.74, 6) is 0.857. The van der Waals surface area contributed by atoms with Crippen molar-refractivity contribution in [1.29, 1.82) is 0 Å². The van der Waals surface area contributed by atoms with Crippen LogP contribution in [0.15, 0.2) is 0 Å². The zero-order valence-corrected chi connectivity index (χ0v) is 22.6. The lowest BCUT2D eigenvalue weighted by molar-refractivity contribution is -0.135. The maximum absolute atomic E-state index is 13.1. The number of halogens is 2. The zero-order chi connectivity index (χ0) is 24.2. The fourth-order valence-electron chi connectivity index (χ4n) is 3.09. The number of nitrogens with zero attached hydrogens (tertiary/aromatic N) is 1. The number of unbranched alkanes of at least 4 members (excludes halogenated alkanes) is 5. The number of nitrogens with one attached hydrogen (secondary N) is 3. The van der Waals surface area contributed by atoms with Gasteiger partial charge in [0, 0.05) is 38.9 Å². The van der Waals surface area contributed by atoms with Crippen molar-refractivity contribution in [3.05, 3.63) is 0 Å². The average molecular weight is 550 g/mol. The van der Waals surface area contributed by atoms with Crippen molar-refractivity contribution in [2.75, 3.05) is 37.7 Å². The predicted molar refractivity (Wildman–Crippen MR) is 141 cm³/mol. The molecule has 0 saturated heterocycles. The largest absolute Gasteiger partial charge is 0.465 e. The molecule has 4 amide bonds. The predicted octanol–water partition coefficient (Wildman–Crippen LogP) is 3.57. The Bertz CT molecular complexity index is 553. The molecule has 0 unspecified atom stereocenters. The first-order valence-corrected chi connectivity index (χ1v) is 12.5. The summed E-state index contributed by atoms with van der Waals surface area (Å²) in [6, 6.07) is -0.669. The first kappa shape index (κ1) is 37.0. The Morgan fingerprint density at radius 3 is 1.79 bits per heavy atom. The lowest BCUT2D eigenvalue weighted by Crippen LogP contribution is -2.50. The second-order valence-electron chi connectivity index (χ2n) is 7.59. The normalized spacial score (nSPS) is 10.8. The summed E-state index contributed by atoms with van der Waals surface area (Å²) in [6.07, 6.45) is 5.74. The van der Waals surface area contributed by atoms with Gasteiger partial charge in [-0.15, -0.1) is 24.8 Å². The third-order valence-electron chi connectivity index (χ3n) is 4.68. The number of carboxylic acid groups (broad SMARTS) is 2. The molecule has 0 heterocycles. The number of hydrogen-bond donors (Lipinski definition) is 5. The molecule has 0 aliphatic carbocycles. The first-order chi connectivity index (χ1) is 15.3. The molecule has 0 aliphatic heterocycles. The van der Waals surface area contributed by atoms with Gasteiger partial charge in [0.15, 0.2) is 0 Å². The molecule has 202 valence electrons. The van der Waals surface area contributed by atoms with Gasteiger partial charge in [-0.1, -0.05) is 39.0 Å². The van der Waals surface area contributed by atoms with E-state index >= 15 is 0 Å². The van der Waals surface area contributed by atoms with E-state index in [2.05, 4.69) is 22.9 Å². The molecule has 0 radical (unpaired) electrons. The Hall–Kier alpha value is -1.59. The molecule has 10 nitrogen and oxygen atoms in total. The van der Waals surface area contributed by atoms with Crippen LogP contribution in [0, 0.1) is 0 Å². The van der Waals surface area contributed by atoms with Gasteiger partial charge in [0.05, 0.1) is 0 Å². The molecule has 0 aromatic heterocycles. The van der Waals surface area contributed by atoms with Crippen LogP contribution in [0.4, 0.5) is 9.59 Å². The average Bonchev–Trinajstić information content (AvgIpc) is 2.72. The zero-order valence-electron chi connectivity index (χ0n) is 20.2. The Labute approximate surface area is 219 Å². The minimum absolute atomic E-state index is 0. The lowest BCUT2D eigenvalue weighted by atomic mass is 10.1. The fraction of sp³-hybridized carbons (Fsp3) is 0.810. The Balaban J connectivity index is -0.00000480. The van der Waals surface area contributed by atoms with Crippen molar-refractivity contribution < 1.29 is 29.4 Å². The van der Waals surface area contributed by atoms with Crippen LogP contribution in [0.3, 0.4) is 0 Å². The lowest BCUT2D eigenvalue weighted by Gasteiger charge is -2.28. The second-order valence-corrected chi connectivity index (χ2v) is 8.74. The van der Waals surface area contributed by atoms with Crippen molar-refractivity contribution in [2.24, 2.45) is 0 Å². The maximum atomic E-state index is 13.1. The number of carbonyl (C=O) groups is 4. The monoisotopic (exact) mass is 548 g/mol. The van der Waals surface area contributed by atoms with Gasteiger partial charge in [-0.05, 0) is 25.0 Å². The van der Waals surface area contributed by atoms with Crippen molar-refractivity contribution in [1.82, 2.24) is 20.9 Å². The van der Waals surface area contributed by atoms with Gasteiger partial charge in [-0.2, -0.15) is 11.8 Å². The van der Waals surface area contributed by atoms with Crippen molar-refractivity contribution in [3.63, 3.8) is 0 Å². The number of amides is 4. The van der Waals surface area contributed by atoms with E-state index in [1.807, 2.05) is 0 Å². The molecule has 0 aliphatic rings. The van der Waals surface area contributed by atoms with E-state index in [0.29, 0.717) is 31.7 Å². The van der Waals surface area contributed by atoms with Gasteiger partial charge in [0.1, 0.15) is 6.04 Å². The minimum Gasteiger partial charge on any atom is -0.465 e. The summed E-state index contributed by atoms with van der Waals surface area (Å²) in [7, 11) is 0. The van der Waals surface area contributed by atoms with Gasteiger partial charge in [-0.3, -0.25) is 9.59 Å². The summed E-state index contributed by atoms with van der Waals surface area (Å²) < 4.78 is 0. The van der Waals surface area contributed by atoms with Crippen molar-refractivity contribution in [2.45, 2.75) is 71.3 Å². The maximum Gasteiger partial charge on any atom is 0.404 e. The standard InChI is InChI=1S/C21H40N4O6S.2ClH/c1-3-4-5-6-7-8-15-32-16-18(24-17(2)26)19(27)25(13-9-11-22-20(28)29)14-10-12-23-21(30)31;;/h18,22-23H,3-16H2,1-2H3,(H,24,26)(H,28,29)(H,30,31);2*1H/t18-;;/m0../s1. The highest BCUT2D eigenvalue weighted by atomic mass is 35.5. The van der Waals surface area contributed by atoms with E-state index in [4.69, 9.17) is 10.2 Å². The smallest absolute Gasteiger partial charge is 0.404 e. The second kappa shape index (κ2) is 24.5. The summed E-state index contributed by atoms with van der Waals surface area (Å²) in [4.78, 5) is 47.6. The van der Waals surface area contributed by atoms with Gasteiger partial charge >= 0.3 is 12.2 Å². The van der Waals surface area contributed by atoms with Crippen molar-refractivity contribution in [3.8, 4) is 0 Å². The van der Waals surface area contributed by atoms with E-state index in [1.165, 1.54) is 32.6 Å². The summed E-state index contributed by atoms with van der Waals surface area (Å²) in [5.41, 5.74) is 0. The van der Waals surface area contributed by atoms with Crippen LogP contribution in [0.1, 0.15) is 65.2 Å². The van der Waals surface area contributed by atoms with Crippen LogP contribution < -0.4 is 16.0 Å². The Morgan fingerprint density at radius 1 is 0.824 bits per heavy atom. The summed E-state index contributed by atoms with van der Waals surface area (Å²) in [6.45, 7) is 4.57. The van der Waals surface area contributed by atoms with Crippen LogP contribution in [0.5, 0.6) is 0 Å². The topological polar surface area (TPSA) is 148 Å². The molecule has 0 aromatic rings. The third-order valence-corrected chi connectivity index (χ3v) is 5.82. The number of thioether (sulfide) groups is 1. The molecular formula is C21H42Cl2N4O6S. The molecule has 13 heteroatoms. The van der Waals surface area contributed by atoms with Crippen molar-refractivity contribution >= 4 is 60.6 Å². The molecule has 0 bridgehead atoms. The fourth-order valence-corrected chi connectivity index (χ4v) is 4.13. The molecule has 0 fully saturated rings. The Morgan fingerprint density at radius 2 is 1.32 bits per heavy atom. The molecule has 5 N–H and O–H groups in total. The molecule has 34 heavy (non-hydrogen) atoms. The van der Waals surface area contributed by atoms with Crippen LogP contribution in [0.2, 0.25) is 0 Å². The minimum atomic E-state index is -1.13. The highest BCUT2D eigenvalue weighted by Crippen LogP contribution is 2.12. The van der Waals surface area contributed by atoms with Gasteiger partial charge in [-0.25, -0.2) is 9.59 Å². The van der Waals surface area contributed by atoms with E-state index in [-0.39, 0.29) is 49.7 Å². The van der Waals surface area contributed by atoms with E-state index in [9.17, 15) is 19.2 Å². The molecule has 0 spiro atoms. The van der Waals surface area contributed by atoms with Gasteiger partial charge < -0.3 is 31.1 Å². The molecule has 0 aromatic carbocycles. The molecular weight excluding hydrogens is 507 g/mol. The van der Waals surface area contributed by atoms with Crippen LogP contribution in [-0.4, -0.2) is 82.8 Å². The van der Waals surface area contributed by atoms with Gasteiger partial charge in [0.25, 0.3) is 0 Å². The quantitative estimate of drug-likeness (QED) is 0.155. The highest BCUT2D eigenvalue weighted by Gasteiger charge is 2.24. The SMILES string of the molecule is CCCCCCCCSC[C@H](NC(C)=O)C(=O)N(CCCNC(=O)O)CCCNC(=O)O.Cl.Cl. The van der Waals surface area contributed by atoms with Crippen LogP contribution in [-0.2, 0) is 9.59 Å². The van der Waals surface area contributed by atoms with Crippen LogP contribution in [0.25, 0.3) is 0 Å². The van der Waals surface area contributed by atoms with E-state index in [1.54, 1.807) is 16.7 Å². The van der Waals surface area contributed by atoms with E-state index in [0.717, 1.165) is 18.6 Å². The highest BCUT2D eigenvalue weighted by molar-refractivity contribution is 7.99. The molecule has 0 saturated carbocycles. The van der Waals surface area contributed by atoms with Gasteiger partial charge in [0.2, 0.25) is 11.8 Å². The summed E-state index contributed by atoms with van der Waals surface area (Å²) in [5, 5.41) is 24.6. The Kier molecular flexibility index (Phi) is 26.7. The third kappa shape index (κ3) is 22.2. The number of carbonyl (C=O) groups excluding carboxylic acids is 2. The first-order valence-electron chi connectivity index (χ1n) is 11.3. The summed E-state index contributed by atoms with van der Waals surface area (Å²) >= 11 is 1.64. The molecule has 0 rings (SSSR count). The van der Waals surface area contributed by atoms with Crippen LogP contribution >= 0.6 is 36.6 Å². The van der Waals surface area contributed by atoms with E-state index < -0.39 is 18.2 Å². The number of hydrogen-bond acceptors (Lipinski definition) is 5.